The van der Waals surface area contributed by atoms with Crippen molar-refractivity contribution in [2.75, 3.05) is 11.9 Å². The molecule has 2 aromatic rings. The van der Waals surface area contributed by atoms with Crippen LogP contribution in [0.15, 0.2) is 24.3 Å². The van der Waals surface area contributed by atoms with Crippen LogP contribution in [0.5, 0.6) is 0 Å². The maximum atomic E-state index is 13.1. The summed E-state index contributed by atoms with van der Waals surface area (Å²) in [4.78, 5) is 52.3. The van der Waals surface area contributed by atoms with Crippen LogP contribution in [0, 0.1) is 0 Å². The van der Waals surface area contributed by atoms with Crippen LogP contribution in [0.2, 0.25) is 0 Å². The number of urea groups is 1. The van der Waals surface area contributed by atoms with Crippen LogP contribution in [0.4, 0.5) is 9.80 Å². The van der Waals surface area contributed by atoms with Crippen LogP contribution in [0.25, 0.3) is 0 Å². The summed E-state index contributed by atoms with van der Waals surface area (Å²) in [6.45, 7) is 3.28. The second-order valence-electron chi connectivity index (χ2n) is 8.37. The van der Waals surface area contributed by atoms with Crippen molar-refractivity contribution in [1.29, 1.82) is 0 Å². The van der Waals surface area contributed by atoms with Gasteiger partial charge in [-0.05, 0) is 49.3 Å². The van der Waals surface area contributed by atoms with Crippen molar-refractivity contribution in [2.24, 2.45) is 5.73 Å². The van der Waals surface area contributed by atoms with Gasteiger partial charge in [-0.2, -0.15) is 0 Å². The molecule has 0 bridgehead atoms. The number of rotatable bonds is 7. The number of hydrogen-bond donors (Lipinski definition) is 3. The predicted molar refractivity (Wildman–Crippen MR) is 122 cm³/mol. The lowest BCUT2D eigenvalue weighted by atomic mass is 9.91. The molecule has 1 aliphatic carbocycles. The first kappa shape index (κ1) is 22.0. The largest absolute Gasteiger partial charge is 0.365 e. The monoisotopic (exact) mass is 454 g/mol. The summed E-state index contributed by atoms with van der Waals surface area (Å²) in [6.07, 6.45) is 4.50. The standard InChI is InChI=1S/C23H26N4O4S/c1-3-5-13-8-10-14(11-9-13)23(2)21(30)27(22(31)26-23)12-17(28)25-20-18(19(24)29)15-6-4-7-16(15)32-20/h8-11H,3-7,12H2,1-2H3,(H2,24,29)(H,25,28)(H,26,31). The first-order chi connectivity index (χ1) is 15.2. The lowest BCUT2D eigenvalue weighted by molar-refractivity contribution is -0.133. The van der Waals surface area contributed by atoms with Gasteiger partial charge in [0, 0.05) is 4.88 Å². The van der Waals surface area contributed by atoms with Crippen molar-refractivity contribution in [2.45, 2.75) is 51.5 Å². The number of nitrogens with one attached hydrogen (secondary N) is 2. The van der Waals surface area contributed by atoms with Crippen LogP contribution in [0.3, 0.4) is 0 Å². The lowest BCUT2D eigenvalue weighted by Gasteiger charge is -2.22. The molecular formula is C23H26N4O4S. The van der Waals surface area contributed by atoms with E-state index in [1.807, 2.05) is 24.3 Å². The molecule has 1 aromatic heterocycles. The fourth-order valence-corrected chi connectivity index (χ4v) is 5.70. The molecule has 1 atom stereocenters. The molecule has 32 heavy (non-hydrogen) atoms. The van der Waals surface area contributed by atoms with Crippen LogP contribution >= 0.6 is 11.3 Å². The van der Waals surface area contributed by atoms with E-state index in [0.717, 1.165) is 53.0 Å². The number of nitrogens with zero attached hydrogens (tertiary/aromatic N) is 1. The Morgan fingerprint density at radius 2 is 1.94 bits per heavy atom. The molecule has 1 aliphatic heterocycles. The number of amides is 5. The minimum Gasteiger partial charge on any atom is -0.365 e. The minimum atomic E-state index is -1.25. The van der Waals surface area contributed by atoms with E-state index < -0.39 is 35.8 Å². The molecule has 9 heteroatoms. The van der Waals surface area contributed by atoms with Gasteiger partial charge in [-0.3, -0.25) is 19.3 Å². The SMILES string of the molecule is CCCc1ccc(C2(C)NC(=O)N(CC(=O)Nc3sc4c(c3C(N)=O)CCC4)C2=O)cc1. The number of imide groups is 1. The van der Waals surface area contributed by atoms with Gasteiger partial charge in [0.2, 0.25) is 5.91 Å². The molecule has 0 spiro atoms. The molecule has 1 saturated heterocycles. The van der Waals surface area contributed by atoms with Crippen molar-refractivity contribution in [1.82, 2.24) is 10.2 Å². The van der Waals surface area contributed by atoms with E-state index in [9.17, 15) is 19.2 Å². The number of benzene rings is 1. The summed E-state index contributed by atoms with van der Waals surface area (Å²) in [7, 11) is 0. The lowest BCUT2D eigenvalue weighted by Crippen LogP contribution is -2.42. The normalized spacial score (nSPS) is 19.8. The number of aryl methyl sites for hydroxylation is 2. The molecule has 0 radical (unpaired) electrons. The van der Waals surface area contributed by atoms with Gasteiger partial charge in [-0.1, -0.05) is 37.6 Å². The first-order valence-corrected chi connectivity index (χ1v) is 11.5. The average molecular weight is 455 g/mol. The number of carbonyl (C=O) groups is 4. The average Bonchev–Trinajstić information content (AvgIpc) is 3.37. The predicted octanol–water partition coefficient (Wildman–Crippen LogP) is 2.69. The van der Waals surface area contributed by atoms with Gasteiger partial charge in [-0.15, -0.1) is 11.3 Å². The zero-order valence-corrected chi connectivity index (χ0v) is 18.9. The Labute approximate surface area is 190 Å². The Hall–Kier alpha value is -3.20. The van der Waals surface area contributed by atoms with Gasteiger partial charge >= 0.3 is 6.03 Å². The molecule has 4 N–H and O–H groups in total. The smallest absolute Gasteiger partial charge is 0.325 e. The molecule has 5 amide bonds. The topological polar surface area (TPSA) is 122 Å². The fourth-order valence-electron chi connectivity index (χ4n) is 4.39. The Morgan fingerprint density at radius 3 is 2.59 bits per heavy atom. The van der Waals surface area contributed by atoms with E-state index in [1.54, 1.807) is 6.92 Å². The van der Waals surface area contributed by atoms with Gasteiger partial charge in [0.15, 0.2) is 0 Å². The van der Waals surface area contributed by atoms with Crippen LogP contribution in [0.1, 0.15) is 58.6 Å². The minimum absolute atomic E-state index is 0.338. The summed E-state index contributed by atoms with van der Waals surface area (Å²) in [5, 5.41) is 5.78. The van der Waals surface area contributed by atoms with Gasteiger partial charge in [-0.25, -0.2) is 4.79 Å². The van der Waals surface area contributed by atoms with E-state index in [4.69, 9.17) is 5.73 Å². The molecule has 8 nitrogen and oxygen atoms in total. The van der Waals surface area contributed by atoms with Gasteiger partial charge < -0.3 is 16.4 Å². The summed E-state index contributed by atoms with van der Waals surface area (Å²) < 4.78 is 0. The molecule has 0 saturated carbocycles. The molecule has 1 aromatic carbocycles. The Balaban J connectivity index is 1.49. The number of carbonyl (C=O) groups excluding carboxylic acids is 4. The van der Waals surface area contributed by atoms with E-state index in [2.05, 4.69) is 17.6 Å². The number of hydrogen-bond acceptors (Lipinski definition) is 5. The molecule has 4 rings (SSSR count). The number of primary amides is 1. The molecule has 1 unspecified atom stereocenters. The number of thiophene rings is 1. The molecule has 2 heterocycles. The highest BCUT2D eigenvalue weighted by molar-refractivity contribution is 7.17. The second kappa shape index (κ2) is 8.38. The third-order valence-corrected chi connectivity index (χ3v) is 7.27. The van der Waals surface area contributed by atoms with E-state index in [0.29, 0.717) is 16.1 Å². The molecular weight excluding hydrogens is 428 g/mol. The zero-order chi connectivity index (χ0) is 23.0. The highest BCUT2D eigenvalue weighted by atomic mass is 32.1. The second-order valence-corrected chi connectivity index (χ2v) is 9.47. The Bertz CT molecular complexity index is 1110. The van der Waals surface area contributed by atoms with Crippen molar-refractivity contribution in [3.8, 4) is 0 Å². The number of nitrogens with two attached hydrogens (primary N) is 1. The maximum absolute atomic E-state index is 13.1. The third-order valence-electron chi connectivity index (χ3n) is 6.07. The first-order valence-electron chi connectivity index (χ1n) is 10.7. The Morgan fingerprint density at radius 1 is 1.22 bits per heavy atom. The van der Waals surface area contributed by atoms with Crippen molar-refractivity contribution >= 4 is 40.1 Å². The fraction of sp³-hybridized carbons (Fsp3) is 0.391. The van der Waals surface area contributed by atoms with Crippen LogP contribution in [-0.2, 0) is 34.4 Å². The quantitative estimate of drug-likeness (QED) is 0.557. The summed E-state index contributed by atoms with van der Waals surface area (Å²) in [5.74, 6) is -1.64. The third kappa shape index (κ3) is 3.77. The highest BCUT2D eigenvalue weighted by Crippen LogP contribution is 2.39. The molecule has 2 aliphatic rings. The van der Waals surface area contributed by atoms with Gasteiger partial charge in [0.25, 0.3) is 11.8 Å². The maximum Gasteiger partial charge on any atom is 0.325 e. The van der Waals surface area contributed by atoms with E-state index in [-0.39, 0.29) is 0 Å². The van der Waals surface area contributed by atoms with Crippen molar-refractivity contribution in [3.05, 3.63) is 51.4 Å². The molecule has 1 fully saturated rings. The summed E-state index contributed by atoms with van der Waals surface area (Å²) >= 11 is 1.33. The van der Waals surface area contributed by atoms with Crippen LogP contribution < -0.4 is 16.4 Å². The Kier molecular flexibility index (Phi) is 5.77. The molecule has 168 valence electrons. The van der Waals surface area contributed by atoms with Gasteiger partial charge in [0.05, 0.1) is 5.56 Å². The van der Waals surface area contributed by atoms with Gasteiger partial charge in [0.1, 0.15) is 17.1 Å². The van der Waals surface area contributed by atoms with E-state index >= 15 is 0 Å². The van der Waals surface area contributed by atoms with E-state index in [1.165, 1.54) is 11.3 Å². The highest BCUT2D eigenvalue weighted by Gasteiger charge is 2.49. The van der Waals surface area contributed by atoms with Crippen molar-refractivity contribution < 1.29 is 19.2 Å². The summed E-state index contributed by atoms with van der Waals surface area (Å²) in [5.41, 5.74) is 7.33. The summed E-state index contributed by atoms with van der Waals surface area (Å²) in [6, 6.07) is 6.92. The number of anilines is 1. The zero-order valence-electron chi connectivity index (χ0n) is 18.1. The van der Waals surface area contributed by atoms with Crippen LogP contribution in [-0.4, -0.2) is 35.2 Å². The number of fused-ring (bicyclic) bond motifs is 1. The van der Waals surface area contributed by atoms with Crippen molar-refractivity contribution in [3.63, 3.8) is 0 Å².